The van der Waals surface area contributed by atoms with Gasteiger partial charge in [-0.3, -0.25) is 9.78 Å². The predicted octanol–water partition coefficient (Wildman–Crippen LogP) is 3.58. The number of Topliss-reactive ketones (excluding diaryl/α,β-unsaturated/α-hetero) is 1. The molecule has 2 rings (SSSR count). The molecule has 0 bridgehead atoms. The van der Waals surface area contributed by atoms with Gasteiger partial charge in [-0.25, -0.2) is 8.78 Å². The van der Waals surface area contributed by atoms with E-state index >= 15 is 0 Å². The fourth-order valence-corrected chi connectivity index (χ4v) is 2.49. The van der Waals surface area contributed by atoms with E-state index in [9.17, 15) is 13.6 Å². The highest BCUT2D eigenvalue weighted by molar-refractivity contribution is 5.87. The fraction of sp³-hybridized carbons (Fsp3) is 0.571. The van der Waals surface area contributed by atoms with Crippen LogP contribution in [0.1, 0.15) is 44.1 Å². The van der Waals surface area contributed by atoms with E-state index in [-0.39, 0.29) is 30.5 Å². The van der Waals surface area contributed by atoms with Crippen LogP contribution in [0.15, 0.2) is 24.5 Å². The summed E-state index contributed by atoms with van der Waals surface area (Å²) in [6, 6.07) is 3.61. The molecule has 0 spiro atoms. The summed E-state index contributed by atoms with van der Waals surface area (Å²) >= 11 is 0. The summed E-state index contributed by atoms with van der Waals surface area (Å²) in [6.45, 7) is 1.84. The summed E-state index contributed by atoms with van der Waals surface area (Å²) in [7, 11) is 0. The van der Waals surface area contributed by atoms with Crippen LogP contribution < -0.4 is 0 Å². The standard InChI is InChI=1S/C14H17F2NO/c1-10(11-4-8-17-9-5-11)13(18)12-2-6-14(15,16)7-3-12/h4-5,8-10,12H,2-3,6-7H2,1H3. The molecule has 1 heterocycles. The largest absolute Gasteiger partial charge is 0.299 e. The highest BCUT2D eigenvalue weighted by Gasteiger charge is 2.38. The molecule has 1 aromatic rings. The van der Waals surface area contributed by atoms with Gasteiger partial charge in [-0.2, -0.15) is 0 Å². The summed E-state index contributed by atoms with van der Waals surface area (Å²) in [5.74, 6) is -2.94. The van der Waals surface area contributed by atoms with Gasteiger partial charge < -0.3 is 0 Å². The first kappa shape index (κ1) is 13.1. The Morgan fingerprint density at radius 1 is 1.33 bits per heavy atom. The highest BCUT2D eigenvalue weighted by Crippen LogP contribution is 2.38. The second-order valence-electron chi connectivity index (χ2n) is 5.03. The fourth-order valence-electron chi connectivity index (χ4n) is 2.49. The molecule has 0 N–H and O–H groups in total. The number of aromatic nitrogens is 1. The third kappa shape index (κ3) is 2.92. The van der Waals surface area contributed by atoms with Crippen LogP contribution in [-0.2, 0) is 4.79 Å². The Balaban J connectivity index is 2.00. The maximum Gasteiger partial charge on any atom is 0.248 e. The number of carbonyl (C=O) groups excluding carboxylic acids is 1. The summed E-state index contributed by atoms with van der Waals surface area (Å²) in [6.07, 6.45) is 3.59. The molecule has 1 unspecified atom stereocenters. The zero-order valence-electron chi connectivity index (χ0n) is 10.4. The van der Waals surface area contributed by atoms with Gasteiger partial charge in [0.05, 0.1) is 0 Å². The van der Waals surface area contributed by atoms with Gasteiger partial charge in [0.15, 0.2) is 0 Å². The third-order valence-corrected chi connectivity index (χ3v) is 3.75. The molecular formula is C14H17F2NO. The van der Waals surface area contributed by atoms with Crippen molar-refractivity contribution >= 4 is 5.78 Å². The highest BCUT2D eigenvalue weighted by atomic mass is 19.3. The Kier molecular flexibility index (Phi) is 3.73. The molecule has 0 aliphatic heterocycles. The van der Waals surface area contributed by atoms with Gasteiger partial charge in [0.2, 0.25) is 5.92 Å². The minimum atomic E-state index is -2.57. The smallest absolute Gasteiger partial charge is 0.248 e. The number of carbonyl (C=O) groups is 1. The first-order valence-corrected chi connectivity index (χ1v) is 6.31. The van der Waals surface area contributed by atoms with E-state index in [1.54, 1.807) is 24.5 Å². The van der Waals surface area contributed by atoms with Crippen molar-refractivity contribution in [2.24, 2.45) is 5.92 Å². The molecule has 1 aromatic heterocycles. The molecule has 2 nitrogen and oxygen atoms in total. The van der Waals surface area contributed by atoms with Crippen molar-refractivity contribution in [1.29, 1.82) is 0 Å². The number of pyridine rings is 1. The minimum absolute atomic E-state index is 0.0803. The van der Waals surface area contributed by atoms with Crippen molar-refractivity contribution in [2.75, 3.05) is 0 Å². The summed E-state index contributed by atoms with van der Waals surface area (Å²) < 4.78 is 26.1. The van der Waals surface area contributed by atoms with Crippen LogP contribution in [0, 0.1) is 5.92 Å². The molecule has 0 aromatic carbocycles. The molecule has 1 aliphatic carbocycles. The van der Waals surface area contributed by atoms with E-state index in [2.05, 4.69) is 4.98 Å². The van der Waals surface area contributed by atoms with Gasteiger partial charge in [0.25, 0.3) is 0 Å². The van der Waals surface area contributed by atoms with Crippen LogP contribution in [0.5, 0.6) is 0 Å². The first-order chi connectivity index (χ1) is 8.49. The summed E-state index contributed by atoms with van der Waals surface area (Å²) in [4.78, 5) is 16.2. The molecule has 1 fully saturated rings. The lowest BCUT2D eigenvalue weighted by atomic mass is 9.79. The van der Waals surface area contributed by atoms with Crippen LogP contribution in [0.25, 0.3) is 0 Å². The Bertz CT molecular complexity index is 409. The van der Waals surface area contributed by atoms with Gasteiger partial charge >= 0.3 is 0 Å². The Hall–Kier alpha value is -1.32. The van der Waals surface area contributed by atoms with E-state index in [1.165, 1.54) is 0 Å². The number of nitrogens with zero attached hydrogens (tertiary/aromatic N) is 1. The van der Waals surface area contributed by atoms with Gasteiger partial charge in [0, 0.05) is 37.1 Å². The lowest BCUT2D eigenvalue weighted by Gasteiger charge is -2.28. The minimum Gasteiger partial charge on any atom is -0.299 e. The average Bonchev–Trinajstić information content (AvgIpc) is 2.38. The van der Waals surface area contributed by atoms with Gasteiger partial charge in [-0.05, 0) is 30.5 Å². The zero-order chi connectivity index (χ0) is 13.2. The number of hydrogen-bond acceptors (Lipinski definition) is 2. The van der Waals surface area contributed by atoms with Crippen molar-refractivity contribution in [3.63, 3.8) is 0 Å². The van der Waals surface area contributed by atoms with E-state index in [1.807, 2.05) is 6.92 Å². The third-order valence-electron chi connectivity index (χ3n) is 3.75. The molecule has 1 saturated carbocycles. The summed E-state index contributed by atoms with van der Waals surface area (Å²) in [5.41, 5.74) is 0.910. The maximum atomic E-state index is 13.0. The lowest BCUT2D eigenvalue weighted by Crippen LogP contribution is -2.30. The molecule has 1 aliphatic rings. The van der Waals surface area contributed by atoms with Crippen molar-refractivity contribution in [3.8, 4) is 0 Å². The van der Waals surface area contributed by atoms with E-state index in [4.69, 9.17) is 0 Å². The molecule has 1 atom stereocenters. The van der Waals surface area contributed by atoms with Gasteiger partial charge in [0.1, 0.15) is 5.78 Å². The van der Waals surface area contributed by atoms with Crippen molar-refractivity contribution < 1.29 is 13.6 Å². The quantitative estimate of drug-likeness (QED) is 0.824. The monoisotopic (exact) mass is 253 g/mol. The molecular weight excluding hydrogens is 236 g/mol. The maximum absolute atomic E-state index is 13.0. The summed E-state index contributed by atoms with van der Waals surface area (Å²) in [5, 5.41) is 0. The molecule has 0 radical (unpaired) electrons. The second-order valence-corrected chi connectivity index (χ2v) is 5.03. The van der Waals surface area contributed by atoms with Crippen LogP contribution in [0.3, 0.4) is 0 Å². The Morgan fingerprint density at radius 3 is 2.44 bits per heavy atom. The number of ketones is 1. The van der Waals surface area contributed by atoms with Gasteiger partial charge in [-0.15, -0.1) is 0 Å². The van der Waals surface area contributed by atoms with E-state index < -0.39 is 5.92 Å². The second kappa shape index (κ2) is 5.12. The first-order valence-electron chi connectivity index (χ1n) is 6.31. The number of halogens is 2. The molecule has 98 valence electrons. The molecule has 18 heavy (non-hydrogen) atoms. The van der Waals surface area contributed by atoms with E-state index in [0.717, 1.165) is 5.56 Å². The van der Waals surface area contributed by atoms with E-state index in [0.29, 0.717) is 12.8 Å². The number of rotatable bonds is 3. The SMILES string of the molecule is CC(C(=O)C1CCC(F)(F)CC1)c1ccncc1. The van der Waals surface area contributed by atoms with Crippen LogP contribution in [-0.4, -0.2) is 16.7 Å². The Morgan fingerprint density at radius 2 is 1.89 bits per heavy atom. The lowest BCUT2D eigenvalue weighted by molar-refractivity contribution is -0.128. The predicted molar refractivity (Wildman–Crippen MR) is 64.6 cm³/mol. The van der Waals surface area contributed by atoms with Crippen molar-refractivity contribution in [1.82, 2.24) is 4.98 Å². The number of alkyl halides is 2. The normalized spacial score (nSPS) is 21.5. The van der Waals surface area contributed by atoms with Crippen LogP contribution in [0.4, 0.5) is 8.78 Å². The van der Waals surface area contributed by atoms with Crippen LogP contribution >= 0.6 is 0 Å². The van der Waals surface area contributed by atoms with Gasteiger partial charge in [-0.1, -0.05) is 6.92 Å². The topological polar surface area (TPSA) is 30.0 Å². The number of hydrogen-bond donors (Lipinski definition) is 0. The van der Waals surface area contributed by atoms with Crippen LogP contribution in [0.2, 0.25) is 0 Å². The average molecular weight is 253 g/mol. The van der Waals surface area contributed by atoms with Crippen molar-refractivity contribution in [2.45, 2.75) is 44.4 Å². The molecule has 4 heteroatoms. The molecule has 0 amide bonds. The molecule has 0 saturated heterocycles. The van der Waals surface area contributed by atoms with Crippen molar-refractivity contribution in [3.05, 3.63) is 30.1 Å². The Labute approximate surface area is 105 Å². The zero-order valence-corrected chi connectivity index (χ0v) is 10.4.